The Balaban J connectivity index is 3.17. The van der Waals surface area contributed by atoms with Gasteiger partial charge in [0.05, 0.1) is 0 Å². The van der Waals surface area contributed by atoms with Crippen LogP contribution in [0, 0.1) is 0 Å². The molecule has 0 fully saturated rings. The molecule has 50 valence electrons. The van der Waals surface area contributed by atoms with E-state index in [2.05, 4.69) is 8.76 Å². The molecule has 3 nitrogen and oxygen atoms in total. The van der Waals surface area contributed by atoms with Crippen molar-refractivity contribution in [2.45, 2.75) is 6.92 Å². The van der Waals surface area contributed by atoms with Crippen molar-refractivity contribution in [2.24, 2.45) is 8.76 Å². The Morgan fingerprint density at radius 3 is 2.67 bits per heavy atom. The Kier molecular flexibility index (Phi) is 1.40. The van der Waals surface area contributed by atoms with Crippen LogP contribution in [0.5, 0.6) is 0 Å². The molecule has 0 aromatic carbocycles. The average molecular weight is 144 g/mol. The fourth-order valence-corrected chi connectivity index (χ4v) is 1.20. The van der Waals surface area contributed by atoms with Crippen LogP contribution in [0.1, 0.15) is 6.92 Å². The van der Waals surface area contributed by atoms with Gasteiger partial charge in [-0.15, -0.1) is 0 Å². The van der Waals surface area contributed by atoms with Gasteiger partial charge >= 0.3 is 0 Å². The van der Waals surface area contributed by atoms with Gasteiger partial charge in [0.15, 0.2) is 9.92 Å². The van der Waals surface area contributed by atoms with Gasteiger partial charge in [0, 0.05) is 18.7 Å². The molecule has 0 aliphatic carbocycles. The number of hydrogen-bond donors (Lipinski definition) is 0. The molecule has 1 atom stereocenters. The summed E-state index contributed by atoms with van der Waals surface area (Å²) >= 11 is 0. The van der Waals surface area contributed by atoms with E-state index in [0.717, 1.165) is 5.57 Å². The minimum atomic E-state index is -2.25. The molecule has 4 heteroatoms. The van der Waals surface area contributed by atoms with Gasteiger partial charge in [-0.05, 0) is 12.5 Å². The molecule has 1 unspecified atom stereocenters. The van der Waals surface area contributed by atoms with Crippen LogP contribution >= 0.6 is 0 Å². The molecule has 0 aromatic rings. The SMILES string of the molecule is CC1=CN=S(C)(=O)N=C1. The van der Waals surface area contributed by atoms with Crippen LogP contribution in [0.4, 0.5) is 0 Å². The van der Waals surface area contributed by atoms with Gasteiger partial charge in [-0.1, -0.05) is 0 Å². The Hall–Kier alpha value is -0.640. The van der Waals surface area contributed by atoms with E-state index in [1.165, 1.54) is 6.26 Å². The van der Waals surface area contributed by atoms with Crippen LogP contribution in [0.25, 0.3) is 0 Å². The van der Waals surface area contributed by atoms with Crippen LogP contribution in [0.15, 0.2) is 20.5 Å². The van der Waals surface area contributed by atoms with E-state index in [4.69, 9.17) is 0 Å². The van der Waals surface area contributed by atoms with Gasteiger partial charge in [0.2, 0.25) is 0 Å². The lowest BCUT2D eigenvalue weighted by atomic mass is 10.4. The Labute approximate surface area is 54.8 Å². The first-order chi connectivity index (χ1) is 4.10. The van der Waals surface area contributed by atoms with Crippen molar-refractivity contribution >= 4 is 16.1 Å². The summed E-state index contributed by atoms with van der Waals surface area (Å²) in [6, 6.07) is 0. The minimum Gasteiger partial charge on any atom is -0.226 e. The van der Waals surface area contributed by atoms with E-state index in [9.17, 15) is 4.21 Å². The summed E-state index contributed by atoms with van der Waals surface area (Å²) in [5.74, 6) is 0. The van der Waals surface area contributed by atoms with E-state index < -0.39 is 9.92 Å². The highest BCUT2D eigenvalue weighted by atomic mass is 32.2. The summed E-state index contributed by atoms with van der Waals surface area (Å²) in [4.78, 5) is 0. The van der Waals surface area contributed by atoms with Gasteiger partial charge in [-0.25, -0.2) is 4.21 Å². The number of hydrogen-bond acceptors (Lipinski definition) is 2. The van der Waals surface area contributed by atoms with Crippen molar-refractivity contribution in [1.29, 1.82) is 0 Å². The number of nitrogens with zero attached hydrogens (tertiary/aromatic N) is 2. The fourth-order valence-electron chi connectivity index (χ4n) is 0.422. The molecule has 1 heterocycles. The molecule has 0 spiro atoms. The zero-order valence-electron chi connectivity index (χ0n) is 5.37. The first-order valence-electron chi connectivity index (χ1n) is 2.53. The van der Waals surface area contributed by atoms with Crippen LogP contribution in [-0.4, -0.2) is 16.7 Å². The molecule has 0 amide bonds. The van der Waals surface area contributed by atoms with Crippen LogP contribution in [0.3, 0.4) is 0 Å². The van der Waals surface area contributed by atoms with Gasteiger partial charge in [-0.3, -0.25) is 0 Å². The van der Waals surface area contributed by atoms with Crippen molar-refractivity contribution in [1.82, 2.24) is 0 Å². The van der Waals surface area contributed by atoms with E-state index in [1.54, 1.807) is 12.4 Å². The lowest BCUT2D eigenvalue weighted by Gasteiger charge is -1.98. The molecular weight excluding hydrogens is 136 g/mol. The topological polar surface area (TPSA) is 41.8 Å². The average Bonchev–Trinajstić information content (AvgIpc) is 1.78. The molecule has 1 rings (SSSR count). The zero-order valence-corrected chi connectivity index (χ0v) is 6.18. The molecule has 0 radical (unpaired) electrons. The predicted octanol–water partition coefficient (Wildman–Crippen LogP) is 0.987. The highest BCUT2D eigenvalue weighted by molar-refractivity contribution is 7.91. The van der Waals surface area contributed by atoms with Crippen molar-refractivity contribution in [3.8, 4) is 0 Å². The molecule has 0 saturated heterocycles. The smallest absolute Gasteiger partial charge is 0.151 e. The van der Waals surface area contributed by atoms with Crippen molar-refractivity contribution in [3.05, 3.63) is 11.8 Å². The first kappa shape index (κ1) is 6.48. The third-order valence-corrected chi connectivity index (χ3v) is 1.90. The van der Waals surface area contributed by atoms with E-state index in [-0.39, 0.29) is 0 Å². The molecule has 1 aliphatic heterocycles. The maximum absolute atomic E-state index is 10.9. The van der Waals surface area contributed by atoms with Gasteiger partial charge in [-0.2, -0.15) is 8.76 Å². The summed E-state index contributed by atoms with van der Waals surface area (Å²) in [5, 5.41) is 0. The van der Waals surface area contributed by atoms with Crippen molar-refractivity contribution in [2.75, 3.05) is 6.26 Å². The molecule has 0 bridgehead atoms. The van der Waals surface area contributed by atoms with Crippen molar-refractivity contribution < 1.29 is 4.21 Å². The second-order valence-electron chi connectivity index (χ2n) is 1.98. The standard InChI is InChI=1S/C5H8N2OS/c1-5-3-6-9(2,8)7-4-5/h3-4H,1-2H3. The zero-order chi connectivity index (χ0) is 6.91. The third-order valence-electron chi connectivity index (χ3n) is 0.904. The Bertz CT molecular complexity index is 281. The summed E-state index contributed by atoms with van der Waals surface area (Å²) in [7, 11) is -2.25. The normalized spacial score (nSPS) is 33.3. The summed E-state index contributed by atoms with van der Waals surface area (Å²) in [5.41, 5.74) is 0.941. The Morgan fingerprint density at radius 2 is 2.33 bits per heavy atom. The lowest BCUT2D eigenvalue weighted by Crippen LogP contribution is -1.95. The molecule has 1 aliphatic rings. The molecule has 0 saturated carbocycles. The molecule has 0 N–H and O–H groups in total. The maximum Gasteiger partial charge on any atom is 0.151 e. The first-order valence-corrected chi connectivity index (χ1v) is 4.41. The summed E-state index contributed by atoms with van der Waals surface area (Å²) in [6.45, 7) is 1.86. The fraction of sp³-hybridized carbons (Fsp3) is 0.400. The highest BCUT2D eigenvalue weighted by Gasteiger charge is 1.97. The van der Waals surface area contributed by atoms with Crippen molar-refractivity contribution in [3.63, 3.8) is 0 Å². The summed E-state index contributed by atoms with van der Waals surface area (Å²) < 4.78 is 18.4. The summed E-state index contributed by atoms with van der Waals surface area (Å²) in [6.07, 6.45) is 4.66. The van der Waals surface area contributed by atoms with Gasteiger partial charge < -0.3 is 0 Å². The third kappa shape index (κ3) is 1.64. The quantitative estimate of drug-likeness (QED) is 0.499. The van der Waals surface area contributed by atoms with Crippen LogP contribution < -0.4 is 0 Å². The Morgan fingerprint density at radius 1 is 1.67 bits per heavy atom. The second kappa shape index (κ2) is 1.95. The predicted molar refractivity (Wildman–Crippen MR) is 38.7 cm³/mol. The van der Waals surface area contributed by atoms with E-state index >= 15 is 0 Å². The molecule has 0 aromatic heterocycles. The minimum absolute atomic E-state index is 0.941. The lowest BCUT2D eigenvalue weighted by molar-refractivity contribution is 0.682. The number of rotatable bonds is 0. The second-order valence-corrected chi connectivity index (χ2v) is 3.92. The van der Waals surface area contributed by atoms with E-state index in [0.29, 0.717) is 0 Å². The maximum atomic E-state index is 10.9. The monoisotopic (exact) mass is 144 g/mol. The molecule has 9 heavy (non-hydrogen) atoms. The van der Waals surface area contributed by atoms with Crippen LogP contribution in [0.2, 0.25) is 0 Å². The van der Waals surface area contributed by atoms with E-state index in [1.807, 2.05) is 6.92 Å². The van der Waals surface area contributed by atoms with Crippen LogP contribution in [-0.2, 0) is 9.92 Å². The number of allylic oxidation sites excluding steroid dienone is 1. The van der Waals surface area contributed by atoms with Gasteiger partial charge in [0.25, 0.3) is 0 Å². The van der Waals surface area contributed by atoms with Gasteiger partial charge in [0.1, 0.15) is 0 Å². The highest BCUT2D eigenvalue weighted by Crippen LogP contribution is 2.02. The molecular formula is C5H8N2OS. The largest absolute Gasteiger partial charge is 0.226 e.